The zero-order valence-electron chi connectivity index (χ0n) is 17.7. The first kappa shape index (κ1) is 20.4. The zero-order chi connectivity index (χ0) is 21.5. The molecule has 0 amide bonds. The molecule has 0 saturated heterocycles. The fraction of sp³-hybridized carbons (Fsp3) is 0.154. The third-order valence-electron chi connectivity index (χ3n) is 5.22. The summed E-state index contributed by atoms with van der Waals surface area (Å²) in [7, 11) is 0. The van der Waals surface area contributed by atoms with Gasteiger partial charge in [0, 0.05) is 18.8 Å². The second-order valence-electron chi connectivity index (χ2n) is 7.46. The summed E-state index contributed by atoms with van der Waals surface area (Å²) in [5.74, 6) is 1.33. The third-order valence-corrected chi connectivity index (χ3v) is 5.22. The van der Waals surface area contributed by atoms with Gasteiger partial charge < -0.3 is 16.0 Å². The van der Waals surface area contributed by atoms with E-state index in [2.05, 4.69) is 63.5 Å². The second kappa shape index (κ2) is 9.76. The van der Waals surface area contributed by atoms with Crippen molar-refractivity contribution in [3.63, 3.8) is 0 Å². The van der Waals surface area contributed by atoms with Gasteiger partial charge in [-0.25, -0.2) is 9.97 Å². The predicted molar refractivity (Wildman–Crippen MR) is 128 cm³/mol. The summed E-state index contributed by atoms with van der Waals surface area (Å²) in [5.41, 5.74) is 11.7. The Morgan fingerprint density at radius 2 is 1.32 bits per heavy atom. The average molecular weight is 410 g/mol. The van der Waals surface area contributed by atoms with E-state index in [1.54, 1.807) is 6.33 Å². The predicted octanol–water partition coefficient (Wildman–Crippen LogP) is 5.57. The highest BCUT2D eigenvalue weighted by molar-refractivity contribution is 5.78. The molecule has 0 aliphatic carbocycles. The molecule has 0 aliphatic rings. The molecule has 0 bridgehead atoms. The molecule has 31 heavy (non-hydrogen) atoms. The van der Waals surface area contributed by atoms with Gasteiger partial charge in [-0.15, -0.1) is 0 Å². The van der Waals surface area contributed by atoms with E-state index in [9.17, 15) is 0 Å². The molecule has 1 heterocycles. The first-order chi connectivity index (χ1) is 15.2. The van der Waals surface area contributed by atoms with Crippen LogP contribution in [0.2, 0.25) is 0 Å². The van der Waals surface area contributed by atoms with Crippen molar-refractivity contribution in [1.82, 2.24) is 9.97 Å². The smallest absolute Gasteiger partial charge is 0.159 e. The molecule has 3 aromatic carbocycles. The third kappa shape index (κ3) is 5.20. The first-order valence-electron chi connectivity index (χ1n) is 10.5. The highest BCUT2D eigenvalue weighted by Crippen LogP contribution is 2.30. The Hall–Kier alpha value is -3.86. The molecule has 0 unspecified atom stereocenters. The van der Waals surface area contributed by atoms with Crippen molar-refractivity contribution in [1.29, 1.82) is 0 Å². The van der Waals surface area contributed by atoms with E-state index in [4.69, 9.17) is 5.73 Å². The lowest BCUT2D eigenvalue weighted by molar-refractivity contribution is 0.782. The fourth-order valence-electron chi connectivity index (χ4n) is 3.51. The lowest BCUT2D eigenvalue weighted by Gasteiger charge is -2.26. The van der Waals surface area contributed by atoms with Gasteiger partial charge in [0.1, 0.15) is 12.0 Å². The molecule has 0 aliphatic heterocycles. The number of nitrogens with zero attached hydrogens (tertiary/aromatic N) is 3. The van der Waals surface area contributed by atoms with Crippen molar-refractivity contribution in [2.75, 3.05) is 16.0 Å². The van der Waals surface area contributed by atoms with E-state index in [0.29, 0.717) is 24.6 Å². The highest BCUT2D eigenvalue weighted by atomic mass is 15.2. The number of rotatable bonds is 8. The van der Waals surface area contributed by atoms with Crippen molar-refractivity contribution in [3.05, 3.63) is 108 Å². The Morgan fingerprint density at radius 3 is 1.87 bits per heavy atom. The number of aromatic nitrogens is 2. The van der Waals surface area contributed by atoms with Crippen molar-refractivity contribution in [2.24, 2.45) is 0 Å². The first-order valence-corrected chi connectivity index (χ1v) is 10.5. The SMILES string of the molecule is CCc1ccc(Nc2ncnc(N(Cc3ccccc3)Cc3ccccc3)c2N)cc1. The molecular formula is C26H27N5. The summed E-state index contributed by atoms with van der Waals surface area (Å²) in [4.78, 5) is 11.1. The van der Waals surface area contributed by atoms with Crippen molar-refractivity contribution < 1.29 is 0 Å². The van der Waals surface area contributed by atoms with E-state index in [0.717, 1.165) is 17.9 Å². The highest BCUT2D eigenvalue weighted by Gasteiger charge is 2.16. The van der Waals surface area contributed by atoms with Crippen LogP contribution in [0.4, 0.5) is 23.0 Å². The maximum atomic E-state index is 6.57. The molecule has 3 N–H and O–H groups in total. The topological polar surface area (TPSA) is 67.1 Å². The number of hydrogen-bond donors (Lipinski definition) is 2. The minimum absolute atomic E-state index is 0.536. The van der Waals surface area contributed by atoms with Crippen LogP contribution in [0.15, 0.2) is 91.3 Å². The van der Waals surface area contributed by atoms with Crippen LogP contribution < -0.4 is 16.0 Å². The van der Waals surface area contributed by atoms with Gasteiger partial charge in [0.2, 0.25) is 0 Å². The van der Waals surface area contributed by atoms with Crippen molar-refractivity contribution in [3.8, 4) is 0 Å². The van der Waals surface area contributed by atoms with Crippen LogP contribution in [0.1, 0.15) is 23.6 Å². The Balaban J connectivity index is 1.64. The average Bonchev–Trinajstić information content (AvgIpc) is 2.82. The number of nitrogens with one attached hydrogen (secondary N) is 1. The molecule has 156 valence electrons. The van der Waals surface area contributed by atoms with Crippen molar-refractivity contribution >= 4 is 23.0 Å². The van der Waals surface area contributed by atoms with E-state index in [1.807, 2.05) is 48.5 Å². The largest absolute Gasteiger partial charge is 0.393 e. The molecule has 0 saturated carbocycles. The Bertz CT molecular complexity index is 1050. The Morgan fingerprint density at radius 1 is 0.742 bits per heavy atom. The molecule has 4 aromatic rings. The lowest BCUT2D eigenvalue weighted by atomic mass is 10.1. The molecular weight excluding hydrogens is 382 g/mol. The standard InChI is InChI=1S/C26H27N5/c1-2-20-13-15-23(16-14-20)30-25-24(27)26(29-19-28-25)31(17-21-9-5-3-6-10-21)18-22-11-7-4-8-12-22/h3-16,19H,2,17-18,27H2,1H3,(H,28,29,30). The number of benzene rings is 3. The number of anilines is 4. The van der Waals surface area contributed by atoms with E-state index < -0.39 is 0 Å². The maximum Gasteiger partial charge on any atom is 0.159 e. The van der Waals surface area contributed by atoms with Gasteiger partial charge in [0.05, 0.1) is 0 Å². The summed E-state index contributed by atoms with van der Waals surface area (Å²) < 4.78 is 0. The van der Waals surface area contributed by atoms with Gasteiger partial charge in [-0.1, -0.05) is 79.7 Å². The molecule has 4 rings (SSSR count). The fourth-order valence-corrected chi connectivity index (χ4v) is 3.51. The number of hydrogen-bond acceptors (Lipinski definition) is 5. The molecule has 5 heteroatoms. The summed E-state index contributed by atoms with van der Waals surface area (Å²) in [6.07, 6.45) is 2.57. The van der Waals surface area contributed by atoms with Gasteiger partial charge in [-0.3, -0.25) is 0 Å². The second-order valence-corrected chi connectivity index (χ2v) is 7.46. The summed E-state index contributed by atoms with van der Waals surface area (Å²) in [6.45, 7) is 3.54. The molecule has 0 radical (unpaired) electrons. The lowest BCUT2D eigenvalue weighted by Crippen LogP contribution is -2.24. The van der Waals surface area contributed by atoms with Crippen LogP contribution >= 0.6 is 0 Å². The van der Waals surface area contributed by atoms with E-state index in [1.165, 1.54) is 16.7 Å². The summed E-state index contributed by atoms with van der Waals surface area (Å²) in [5, 5.41) is 3.34. The summed E-state index contributed by atoms with van der Waals surface area (Å²) >= 11 is 0. The quantitative estimate of drug-likeness (QED) is 0.398. The van der Waals surface area contributed by atoms with Crippen LogP contribution in [0.5, 0.6) is 0 Å². The monoisotopic (exact) mass is 409 g/mol. The molecule has 5 nitrogen and oxygen atoms in total. The molecule has 1 aromatic heterocycles. The summed E-state index contributed by atoms with van der Waals surface area (Å²) in [6, 6.07) is 29.0. The van der Waals surface area contributed by atoms with Gasteiger partial charge in [0.25, 0.3) is 0 Å². The number of nitrogens with two attached hydrogens (primary N) is 1. The van der Waals surface area contributed by atoms with Crippen LogP contribution in [0.3, 0.4) is 0 Å². The van der Waals surface area contributed by atoms with Crippen LogP contribution in [0.25, 0.3) is 0 Å². The van der Waals surface area contributed by atoms with Crippen LogP contribution in [-0.2, 0) is 19.5 Å². The van der Waals surface area contributed by atoms with Crippen molar-refractivity contribution in [2.45, 2.75) is 26.4 Å². The molecule has 0 spiro atoms. The maximum absolute atomic E-state index is 6.57. The minimum atomic E-state index is 0.536. The molecule has 0 fully saturated rings. The Labute approximate surface area is 183 Å². The van der Waals surface area contributed by atoms with Gasteiger partial charge in [-0.2, -0.15) is 0 Å². The van der Waals surface area contributed by atoms with Crippen LogP contribution in [0, 0.1) is 0 Å². The normalized spacial score (nSPS) is 10.6. The minimum Gasteiger partial charge on any atom is -0.393 e. The molecule has 0 atom stereocenters. The van der Waals surface area contributed by atoms with Gasteiger partial charge in [-0.05, 0) is 35.2 Å². The van der Waals surface area contributed by atoms with E-state index in [-0.39, 0.29) is 0 Å². The van der Waals surface area contributed by atoms with Gasteiger partial charge in [0.15, 0.2) is 11.6 Å². The van der Waals surface area contributed by atoms with Gasteiger partial charge >= 0.3 is 0 Å². The van der Waals surface area contributed by atoms with Crippen LogP contribution in [-0.4, -0.2) is 9.97 Å². The van der Waals surface area contributed by atoms with E-state index >= 15 is 0 Å². The zero-order valence-corrected chi connectivity index (χ0v) is 17.7. The number of aryl methyl sites for hydroxylation is 1. The number of nitrogen functional groups attached to an aromatic ring is 1. The Kier molecular flexibility index (Phi) is 6.43.